The molecule has 1 rings (SSSR count). The van der Waals surface area contributed by atoms with E-state index in [4.69, 9.17) is 0 Å². The Morgan fingerprint density at radius 2 is 1.81 bits per heavy atom. The van der Waals surface area contributed by atoms with E-state index in [-0.39, 0.29) is 0 Å². The third-order valence-corrected chi connectivity index (χ3v) is 4.59. The van der Waals surface area contributed by atoms with E-state index in [9.17, 15) is 5.26 Å². The van der Waals surface area contributed by atoms with Gasteiger partial charge in [0.25, 0.3) is 0 Å². The molecule has 0 bridgehead atoms. The lowest BCUT2D eigenvalue weighted by Crippen LogP contribution is -2.48. The molecule has 0 spiro atoms. The van der Waals surface area contributed by atoms with E-state index >= 15 is 0 Å². The average Bonchev–Trinajstić information content (AvgIpc) is 2.91. The van der Waals surface area contributed by atoms with Crippen LogP contribution >= 0.6 is 0 Å². The molecular formula is C18H35N3. The lowest BCUT2D eigenvalue weighted by atomic mass is 9.97. The van der Waals surface area contributed by atoms with Crippen molar-refractivity contribution in [2.24, 2.45) is 5.92 Å². The zero-order valence-corrected chi connectivity index (χ0v) is 14.8. The molecule has 0 aromatic rings. The number of hydrogen-bond donors (Lipinski definition) is 1. The quantitative estimate of drug-likeness (QED) is 0.699. The molecule has 21 heavy (non-hydrogen) atoms. The molecule has 0 heterocycles. The number of nitrogens with zero attached hydrogens (tertiary/aromatic N) is 2. The van der Waals surface area contributed by atoms with Crippen LogP contribution in [0.5, 0.6) is 0 Å². The topological polar surface area (TPSA) is 39.1 Å². The second-order valence-corrected chi connectivity index (χ2v) is 7.65. The first kappa shape index (κ1) is 18.5. The molecule has 1 aliphatic carbocycles. The second-order valence-electron chi connectivity index (χ2n) is 7.65. The van der Waals surface area contributed by atoms with E-state index in [1.54, 1.807) is 0 Å². The van der Waals surface area contributed by atoms with Gasteiger partial charge in [0.05, 0.1) is 6.07 Å². The first-order valence-corrected chi connectivity index (χ1v) is 8.79. The van der Waals surface area contributed by atoms with Crippen LogP contribution < -0.4 is 5.32 Å². The Hall–Kier alpha value is -0.590. The number of nitrogens with one attached hydrogen (secondary N) is 1. The van der Waals surface area contributed by atoms with Crippen LogP contribution in [-0.2, 0) is 0 Å². The molecular weight excluding hydrogens is 258 g/mol. The maximum atomic E-state index is 9.50. The summed E-state index contributed by atoms with van der Waals surface area (Å²) in [5.41, 5.74) is -0.400. The predicted octanol–water partition coefficient (Wildman–Crippen LogP) is 3.95. The van der Waals surface area contributed by atoms with Crippen molar-refractivity contribution >= 4 is 0 Å². The largest absolute Gasteiger partial charge is 0.300 e. The summed E-state index contributed by atoms with van der Waals surface area (Å²) in [6.45, 7) is 13.1. The lowest BCUT2D eigenvalue weighted by Gasteiger charge is -2.33. The maximum Gasteiger partial charge on any atom is 0.105 e. The standard InChI is InChI=1S/C18H35N3/c1-15(2)10-12-21(17-8-6-7-9-17)13-11-18(5,14-19)20-16(3)4/h15-17,20H,6-13H2,1-5H3. The SMILES string of the molecule is CC(C)CCN(CCC(C)(C#N)NC(C)C)C1CCCC1. The molecule has 0 amide bonds. The smallest absolute Gasteiger partial charge is 0.105 e. The van der Waals surface area contributed by atoms with Crippen LogP contribution in [0.15, 0.2) is 0 Å². The van der Waals surface area contributed by atoms with Crippen molar-refractivity contribution < 1.29 is 0 Å². The van der Waals surface area contributed by atoms with Crippen molar-refractivity contribution in [2.75, 3.05) is 13.1 Å². The van der Waals surface area contributed by atoms with E-state index in [1.807, 2.05) is 6.92 Å². The van der Waals surface area contributed by atoms with Crippen molar-refractivity contribution in [2.45, 2.75) is 90.8 Å². The molecule has 3 heteroatoms. The van der Waals surface area contributed by atoms with Crippen LogP contribution in [0.4, 0.5) is 0 Å². The van der Waals surface area contributed by atoms with Gasteiger partial charge in [-0.25, -0.2) is 0 Å². The van der Waals surface area contributed by atoms with Gasteiger partial charge in [-0.1, -0.05) is 26.7 Å². The lowest BCUT2D eigenvalue weighted by molar-refractivity contribution is 0.171. The summed E-state index contributed by atoms with van der Waals surface area (Å²) in [6.07, 6.45) is 7.62. The van der Waals surface area contributed by atoms with Gasteiger partial charge < -0.3 is 4.90 Å². The molecule has 0 aromatic carbocycles. The van der Waals surface area contributed by atoms with Crippen molar-refractivity contribution in [1.82, 2.24) is 10.2 Å². The molecule has 0 radical (unpaired) electrons. The van der Waals surface area contributed by atoms with Crippen LogP contribution in [0, 0.1) is 17.2 Å². The van der Waals surface area contributed by atoms with Crippen LogP contribution in [0.2, 0.25) is 0 Å². The molecule has 1 N–H and O–H groups in total. The highest BCUT2D eigenvalue weighted by Crippen LogP contribution is 2.25. The third kappa shape index (κ3) is 6.80. The summed E-state index contributed by atoms with van der Waals surface area (Å²) in [5, 5.41) is 12.9. The summed E-state index contributed by atoms with van der Waals surface area (Å²) < 4.78 is 0. The highest BCUT2D eigenvalue weighted by atomic mass is 15.2. The number of rotatable bonds is 9. The highest BCUT2D eigenvalue weighted by molar-refractivity contribution is 5.05. The second kappa shape index (κ2) is 8.76. The Morgan fingerprint density at radius 3 is 2.29 bits per heavy atom. The summed E-state index contributed by atoms with van der Waals surface area (Å²) in [4.78, 5) is 2.66. The summed E-state index contributed by atoms with van der Waals surface area (Å²) in [5.74, 6) is 0.755. The Bertz CT molecular complexity index is 326. The zero-order chi connectivity index (χ0) is 15.9. The Labute approximate surface area is 132 Å². The minimum atomic E-state index is -0.400. The number of hydrogen-bond acceptors (Lipinski definition) is 3. The summed E-state index contributed by atoms with van der Waals surface area (Å²) >= 11 is 0. The van der Waals surface area contributed by atoms with Gasteiger partial charge in [0.2, 0.25) is 0 Å². The van der Waals surface area contributed by atoms with Gasteiger partial charge >= 0.3 is 0 Å². The maximum absolute atomic E-state index is 9.50. The number of nitriles is 1. The minimum absolute atomic E-state index is 0.352. The van der Waals surface area contributed by atoms with Gasteiger partial charge in [0.15, 0.2) is 0 Å². The van der Waals surface area contributed by atoms with Gasteiger partial charge in [-0.15, -0.1) is 0 Å². The fourth-order valence-corrected chi connectivity index (χ4v) is 3.34. The summed E-state index contributed by atoms with van der Waals surface area (Å²) in [7, 11) is 0. The molecule has 3 nitrogen and oxygen atoms in total. The molecule has 0 aliphatic heterocycles. The van der Waals surface area contributed by atoms with Crippen molar-refractivity contribution in [1.29, 1.82) is 5.26 Å². The van der Waals surface area contributed by atoms with Crippen molar-refractivity contribution in [3.05, 3.63) is 0 Å². The zero-order valence-electron chi connectivity index (χ0n) is 14.8. The van der Waals surface area contributed by atoms with E-state index in [0.29, 0.717) is 6.04 Å². The Balaban J connectivity index is 2.56. The first-order valence-electron chi connectivity index (χ1n) is 8.79. The van der Waals surface area contributed by atoms with Gasteiger partial charge in [-0.3, -0.25) is 5.32 Å². The molecule has 1 saturated carbocycles. The monoisotopic (exact) mass is 293 g/mol. The van der Waals surface area contributed by atoms with Crippen LogP contribution in [0.25, 0.3) is 0 Å². The van der Waals surface area contributed by atoms with E-state index in [0.717, 1.165) is 24.9 Å². The van der Waals surface area contributed by atoms with Crippen LogP contribution in [0.3, 0.4) is 0 Å². The van der Waals surface area contributed by atoms with Gasteiger partial charge in [-0.05, 0) is 58.9 Å². The normalized spacial score (nSPS) is 19.4. The third-order valence-electron chi connectivity index (χ3n) is 4.59. The van der Waals surface area contributed by atoms with E-state index in [2.05, 4.69) is 44.0 Å². The molecule has 1 aliphatic rings. The van der Waals surface area contributed by atoms with Gasteiger partial charge in [0, 0.05) is 18.6 Å². The molecule has 1 fully saturated rings. The van der Waals surface area contributed by atoms with E-state index in [1.165, 1.54) is 38.6 Å². The average molecular weight is 293 g/mol. The molecule has 122 valence electrons. The van der Waals surface area contributed by atoms with Crippen LogP contribution in [0.1, 0.15) is 73.1 Å². The predicted molar refractivity (Wildman–Crippen MR) is 90.2 cm³/mol. The van der Waals surface area contributed by atoms with E-state index < -0.39 is 5.54 Å². The fourth-order valence-electron chi connectivity index (χ4n) is 3.34. The molecule has 0 aromatic heterocycles. The Morgan fingerprint density at radius 1 is 1.19 bits per heavy atom. The summed E-state index contributed by atoms with van der Waals surface area (Å²) in [6, 6.07) is 3.59. The van der Waals surface area contributed by atoms with Crippen LogP contribution in [-0.4, -0.2) is 35.6 Å². The van der Waals surface area contributed by atoms with Gasteiger partial charge in [-0.2, -0.15) is 5.26 Å². The molecule has 0 saturated heterocycles. The molecule has 1 unspecified atom stereocenters. The van der Waals surface area contributed by atoms with Crippen molar-refractivity contribution in [3.63, 3.8) is 0 Å². The molecule has 1 atom stereocenters. The highest BCUT2D eigenvalue weighted by Gasteiger charge is 2.28. The fraction of sp³-hybridized carbons (Fsp3) is 0.944. The first-order chi connectivity index (χ1) is 9.86. The van der Waals surface area contributed by atoms with Crippen molar-refractivity contribution in [3.8, 4) is 6.07 Å². The Kier molecular flexibility index (Phi) is 7.70. The van der Waals surface area contributed by atoms with Gasteiger partial charge in [0.1, 0.15) is 5.54 Å². The minimum Gasteiger partial charge on any atom is -0.300 e.